The predicted molar refractivity (Wildman–Crippen MR) is 111 cm³/mol. The molecule has 0 unspecified atom stereocenters. The summed E-state index contributed by atoms with van der Waals surface area (Å²) in [5, 5.41) is 8.55. The number of anilines is 1. The van der Waals surface area contributed by atoms with E-state index in [1.165, 1.54) is 0 Å². The third-order valence-corrected chi connectivity index (χ3v) is 5.30. The van der Waals surface area contributed by atoms with Gasteiger partial charge in [-0.15, -0.1) is 0 Å². The van der Waals surface area contributed by atoms with Gasteiger partial charge < -0.3 is 9.88 Å². The summed E-state index contributed by atoms with van der Waals surface area (Å²) in [6, 6.07) is 15.8. The number of benzene rings is 2. The van der Waals surface area contributed by atoms with Crippen LogP contribution in [-0.2, 0) is 15.8 Å². The number of hydrogen-bond acceptors (Lipinski definition) is 3. The molecule has 0 spiro atoms. The Hall–Kier alpha value is -2.61. The highest BCUT2D eigenvalue weighted by atomic mass is 35.5. The van der Waals surface area contributed by atoms with Gasteiger partial charge in [-0.25, -0.2) is 13.6 Å². The van der Waals surface area contributed by atoms with Gasteiger partial charge in [0.05, 0.1) is 11.3 Å². The van der Waals surface area contributed by atoms with Crippen molar-refractivity contribution in [2.24, 2.45) is 5.14 Å². The molecule has 1 amide bonds. The lowest BCUT2D eigenvalue weighted by Crippen LogP contribution is -2.15. The van der Waals surface area contributed by atoms with Crippen LogP contribution in [0.3, 0.4) is 0 Å². The van der Waals surface area contributed by atoms with Crippen molar-refractivity contribution in [3.05, 3.63) is 82.1 Å². The minimum Gasteiger partial charge on any atom is -0.322 e. The maximum atomic E-state index is 12.8. The first-order valence-corrected chi connectivity index (χ1v) is 10.6. The fourth-order valence-corrected chi connectivity index (χ4v) is 3.92. The molecule has 1 heterocycles. The molecular weight excluding hydrogens is 398 g/mol. The van der Waals surface area contributed by atoms with E-state index in [0.717, 1.165) is 17.1 Å². The molecule has 3 aromatic rings. The summed E-state index contributed by atoms with van der Waals surface area (Å²) >= 11 is 5.96. The number of nitrogens with two attached hydrogens (primary N) is 1. The van der Waals surface area contributed by atoms with E-state index in [1.807, 2.05) is 36.6 Å². The summed E-state index contributed by atoms with van der Waals surface area (Å²) in [6.45, 7) is 3.79. The first kappa shape index (κ1) is 20.1. The van der Waals surface area contributed by atoms with Gasteiger partial charge in [0.15, 0.2) is 0 Å². The Morgan fingerprint density at radius 1 is 1.11 bits per heavy atom. The fraction of sp³-hybridized carbons (Fsp3) is 0.150. The van der Waals surface area contributed by atoms with E-state index in [-0.39, 0.29) is 11.7 Å². The molecule has 0 atom stereocenters. The molecule has 0 saturated heterocycles. The van der Waals surface area contributed by atoms with Crippen LogP contribution >= 0.6 is 11.6 Å². The van der Waals surface area contributed by atoms with E-state index < -0.39 is 10.0 Å². The van der Waals surface area contributed by atoms with E-state index in [1.54, 1.807) is 36.4 Å². The topological polar surface area (TPSA) is 94.2 Å². The van der Waals surface area contributed by atoms with Crippen molar-refractivity contribution in [2.45, 2.75) is 19.6 Å². The SMILES string of the molecule is Cc1cc(C(=O)Nc2cccc(CS(N)(=O)=O)c2)c(C)n1-c1ccc(Cl)cc1. The highest BCUT2D eigenvalue weighted by molar-refractivity contribution is 7.88. The Morgan fingerprint density at radius 2 is 1.79 bits per heavy atom. The highest BCUT2D eigenvalue weighted by Gasteiger charge is 2.17. The van der Waals surface area contributed by atoms with Gasteiger partial charge in [0.25, 0.3) is 5.91 Å². The summed E-state index contributed by atoms with van der Waals surface area (Å²) in [7, 11) is -3.64. The van der Waals surface area contributed by atoms with Crippen molar-refractivity contribution in [3.63, 3.8) is 0 Å². The summed E-state index contributed by atoms with van der Waals surface area (Å²) in [4.78, 5) is 12.8. The van der Waals surface area contributed by atoms with Crippen molar-refractivity contribution in [1.29, 1.82) is 0 Å². The molecular formula is C20H20ClN3O3S. The summed E-state index contributed by atoms with van der Waals surface area (Å²) in [5.41, 5.74) is 4.15. The molecule has 0 aliphatic rings. The van der Waals surface area contributed by atoms with Gasteiger partial charge in [-0.1, -0.05) is 23.7 Å². The van der Waals surface area contributed by atoms with E-state index in [0.29, 0.717) is 21.8 Å². The van der Waals surface area contributed by atoms with Gasteiger partial charge in [-0.2, -0.15) is 0 Å². The molecule has 28 heavy (non-hydrogen) atoms. The average molecular weight is 418 g/mol. The Bertz CT molecular complexity index is 1140. The van der Waals surface area contributed by atoms with Gasteiger partial charge >= 0.3 is 0 Å². The van der Waals surface area contributed by atoms with Crippen molar-refractivity contribution in [3.8, 4) is 5.69 Å². The average Bonchev–Trinajstić information content (AvgIpc) is 2.89. The smallest absolute Gasteiger partial charge is 0.257 e. The van der Waals surface area contributed by atoms with Crippen LogP contribution in [0.25, 0.3) is 5.69 Å². The van der Waals surface area contributed by atoms with Crippen molar-refractivity contribution in [1.82, 2.24) is 4.57 Å². The Balaban J connectivity index is 1.87. The molecule has 6 nitrogen and oxygen atoms in total. The van der Waals surface area contributed by atoms with E-state index in [4.69, 9.17) is 16.7 Å². The summed E-state index contributed by atoms with van der Waals surface area (Å²) < 4.78 is 24.5. The second-order valence-corrected chi connectivity index (χ2v) is 8.61. The standard InChI is InChI=1S/C20H20ClN3O3S/c1-13-10-19(14(2)24(13)18-8-6-16(21)7-9-18)20(25)23-17-5-3-4-15(11-17)12-28(22,26)27/h3-11H,12H2,1-2H3,(H,23,25)(H2,22,26,27). The number of hydrogen-bond donors (Lipinski definition) is 2. The summed E-state index contributed by atoms with van der Waals surface area (Å²) in [5.74, 6) is -0.567. The molecule has 146 valence electrons. The zero-order valence-corrected chi connectivity index (χ0v) is 17.0. The third-order valence-electron chi connectivity index (χ3n) is 4.31. The second-order valence-electron chi connectivity index (χ2n) is 6.56. The molecule has 0 fully saturated rings. The lowest BCUT2D eigenvalue weighted by molar-refractivity contribution is 0.102. The maximum Gasteiger partial charge on any atom is 0.257 e. The van der Waals surface area contributed by atoms with Crippen molar-refractivity contribution >= 4 is 33.2 Å². The van der Waals surface area contributed by atoms with Gasteiger partial charge in [0, 0.05) is 27.8 Å². The number of amides is 1. The number of halogens is 1. The zero-order chi connectivity index (χ0) is 20.5. The van der Waals surface area contributed by atoms with Gasteiger partial charge in [0.2, 0.25) is 10.0 Å². The minimum absolute atomic E-state index is 0.277. The van der Waals surface area contributed by atoms with Crippen LogP contribution in [0.5, 0.6) is 0 Å². The first-order valence-electron chi connectivity index (χ1n) is 8.50. The minimum atomic E-state index is -3.64. The lowest BCUT2D eigenvalue weighted by Gasteiger charge is -2.10. The van der Waals surface area contributed by atoms with Gasteiger partial charge in [0.1, 0.15) is 0 Å². The summed E-state index contributed by atoms with van der Waals surface area (Å²) in [6.07, 6.45) is 0. The molecule has 0 bridgehead atoms. The molecule has 0 radical (unpaired) electrons. The normalized spacial score (nSPS) is 11.4. The van der Waals surface area contributed by atoms with E-state index in [2.05, 4.69) is 5.32 Å². The number of primary sulfonamides is 1. The predicted octanol–water partition coefficient (Wildman–Crippen LogP) is 3.79. The maximum absolute atomic E-state index is 12.8. The number of nitrogens with one attached hydrogen (secondary N) is 1. The Kier molecular flexibility index (Phi) is 5.60. The van der Waals surface area contributed by atoms with Gasteiger partial charge in [-0.3, -0.25) is 4.79 Å². The van der Waals surface area contributed by atoms with Gasteiger partial charge in [-0.05, 0) is 61.9 Å². The van der Waals surface area contributed by atoms with E-state index in [9.17, 15) is 13.2 Å². The highest BCUT2D eigenvalue weighted by Crippen LogP contribution is 2.23. The fourth-order valence-electron chi connectivity index (χ4n) is 3.15. The number of aryl methyl sites for hydroxylation is 1. The molecule has 1 aromatic heterocycles. The monoisotopic (exact) mass is 417 g/mol. The quantitative estimate of drug-likeness (QED) is 0.661. The molecule has 2 aromatic carbocycles. The zero-order valence-electron chi connectivity index (χ0n) is 15.4. The largest absolute Gasteiger partial charge is 0.322 e. The van der Waals surface area contributed by atoms with Crippen LogP contribution < -0.4 is 10.5 Å². The molecule has 3 rings (SSSR count). The Labute approximate surface area is 169 Å². The lowest BCUT2D eigenvalue weighted by atomic mass is 10.2. The van der Waals surface area contributed by atoms with Crippen molar-refractivity contribution < 1.29 is 13.2 Å². The van der Waals surface area contributed by atoms with Crippen molar-refractivity contribution in [2.75, 3.05) is 5.32 Å². The van der Waals surface area contributed by atoms with Crippen LogP contribution in [0.4, 0.5) is 5.69 Å². The van der Waals surface area contributed by atoms with E-state index >= 15 is 0 Å². The molecule has 0 saturated carbocycles. The second kappa shape index (κ2) is 7.79. The third kappa shape index (κ3) is 4.62. The number of nitrogens with zero attached hydrogens (tertiary/aromatic N) is 1. The molecule has 8 heteroatoms. The van der Waals surface area contributed by atoms with Crippen LogP contribution in [0.15, 0.2) is 54.6 Å². The number of aromatic nitrogens is 1. The number of carbonyl (C=O) groups is 1. The Morgan fingerprint density at radius 3 is 2.43 bits per heavy atom. The van der Waals surface area contributed by atoms with Crippen LogP contribution in [0.1, 0.15) is 27.3 Å². The molecule has 3 N–H and O–H groups in total. The van der Waals surface area contributed by atoms with Crippen LogP contribution in [-0.4, -0.2) is 18.9 Å². The number of carbonyl (C=O) groups excluding carboxylic acids is 1. The first-order chi connectivity index (χ1) is 13.1. The molecule has 0 aliphatic heterocycles. The molecule has 0 aliphatic carbocycles. The number of sulfonamides is 1. The van der Waals surface area contributed by atoms with Crippen LogP contribution in [0, 0.1) is 13.8 Å². The van der Waals surface area contributed by atoms with Crippen LogP contribution in [0.2, 0.25) is 5.02 Å². The number of rotatable bonds is 5.